The van der Waals surface area contributed by atoms with Gasteiger partial charge in [-0.1, -0.05) is 11.6 Å². The lowest BCUT2D eigenvalue weighted by Crippen LogP contribution is -2.18. The molecule has 0 fully saturated rings. The molecule has 2 N–H and O–H groups in total. The molecule has 0 aliphatic rings. The van der Waals surface area contributed by atoms with Crippen molar-refractivity contribution in [2.24, 2.45) is 0 Å². The van der Waals surface area contributed by atoms with Gasteiger partial charge in [0.2, 0.25) is 5.91 Å². The van der Waals surface area contributed by atoms with Gasteiger partial charge in [0.25, 0.3) is 0 Å². The van der Waals surface area contributed by atoms with Crippen LogP contribution in [0, 0.1) is 0 Å². The Labute approximate surface area is 111 Å². The van der Waals surface area contributed by atoms with Gasteiger partial charge in [-0.15, -0.1) is 0 Å². The van der Waals surface area contributed by atoms with Crippen LogP contribution in [0.3, 0.4) is 0 Å². The van der Waals surface area contributed by atoms with Gasteiger partial charge in [0, 0.05) is 25.1 Å². The topological polar surface area (TPSA) is 59.6 Å². The standard InChI is InChI=1S/C12H17ClN2O3/c1-14-5-4-12(16)15-9-7-11(18-3)10(17-2)6-8(9)13/h6-7,14H,4-5H2,1-3H3,(H,15,16). The van der Waals surface area contributed by atoms with Gasteiger partial charge in [-0.25, -0.2) is 0 Å². The second kappa shape index (κ2) is 7.08. The number of hydrogen-bond acceptors (Lipinski definition) is 4. The third-order valence-corrected chi connectivity index (χ3v) is 2.66. The number of carbonyl (C=O) groups is 1. The van der Waals surface area contributed by atoms with Gasteiger partial charge in [-0.05, 0) is 7.05 Å². The number of benzene rings is 1. The van der Waals surface area contributed by atoms with Crippen LogP contribution in [0.1, 0.15) is 6.42 Å². The summed E-state index contributed by atoms with van der Waals surface area (Å²) in [5.41, 5.74) is 0.510. The highest BCUT2D eigenvalue weighted by Crippen LogP contribution is 2.35. The third-order valence-electron chi connectivity index (χ3n) is 2.35. The van der Waals surface area contributed by atoms with Crippen LogP contribution in [-0.2, 0) is 4.79 Å². The minimum Gasteiger partial charge on any atom is -0.493 e. The zero-order chi connectivity index (χ0) is 13.5. The summed E-state index contributed by atoms with van der Waals surface area (Å²) in [6, 6.07) is 3.24. The Bertz CT molecular complexity index is 424. The number of ether oxygens (including phenoxy) is 2. The van der Waals surface area contributed by atoms with E-state index in [1.54, 1.807) is 19.2 Å². The molecule has 18 heavy (non-hydrogen) atoms. The zero-order valence-corrected chi connectivity index (χ0v) is 11.4. The minimum atomic E-state index is -0.113. The summed E-state index contributed by atoms with van der Waals surface area (Å²) in [6.45, 7) is 0.608. The number of methoxy groups -OCH3 is 2. The quantitative estimate of drug-likeness (QED) is 0.830. The fraction of sp³-hybridized carbons (Fsp3) is 0.417. The molecular formula is C12H17ClN2O3. The van der Waals surface area contributed by atoms with E-state index in [1.807, 2.05) is 0 Å². The van der Waals surface area contributed by atoms with Crippen molar-refractivity contribution in [1.82, 2.24) is 5.32 Å². The van der Waals surface area contributed by atoms with Crippen molar-refractivity contribution < 1.29 is 14.3 Å². The summed E-state index contributed by atoms with van der Waals surface area (Å²) >= 11 is 6.05. The number of halogens is 1. The van der Waals surface area contributed by atoms with E-state index < -0.39 is 0 Å². The molecule has 100 valence electrons. The fourth-order valence-corrected chi connectivity index (χ4v) is 1.60. The van der Waals surface area contributed by atoms with Crippen LogP contribution in [-0.4, -0.2) is 33.7 Å². The average molecular weight is 273 g/mol. The first kappa shape index (κ1) is 14.6. The van der Waals surface area contributed by atoms with Crippen molar-refractivity contribution in [3.8, 4) is 11.5 Å². The summed E-state index contributed by atoms with van der Waals surface area (Å²) in [6.07, 6.45) is 0.376. The lowest BCUT2D eigenvalue weighted by atomic mass is 10.2. The zero-order valence-electron chi connectivity index (χ0n) is 10.7. The predicted octanol–water partition coefficient (Wildman–Crippen LogP) is 1.91. The predicted molar refractivity (Wildman–Crippen MR) is 71.7 cm³/mol. The van der Waals surface area contributed by atoms with E-state index in [4.69, 9.17) is 21.1 Å². The monoisotopic (exact) mass is 272 g/mol. The fourth-order valence-electron chi connectivity index (χ4n) is 1.40. The molecular weight excluding hydrogens is 256 g/mol. The molecule has 0 saturated heterocycles. The molecule has 1 aromatic carbocycles. The lowest BCUT2D eigenvalue weighted by molar-refractivity contribution is -0.116. The molecule has 0 saturated carbocycles. The number of carbonyl (C=O) groups excluding carboxylic acids is 1. The van der Waals surface area contributed by atoms with E-state index in [1.165, 1.54) is 14.2 Å². The van der Waals surface area contributed by atoms with E-state index in [0.29, 0.717) is 35.2 Å². The Balaban J connectivity index is 2.85. The SMILES string of the molecule is CNCCC(=O)Nc1cc(OC)c(OC)cc1Cl. The van der Waals surface area contributed by atoms with Crippen molar-refractivity contribution in [2.75, 3.05) is 33.1 Å². The van der Waals surface area contributed by atoms with Crippen LogP contribution in [0.25, 0.3) is 0 Å². The Morgan fingerprint density at radius 3 is 2.44 bits per heavy atom. The Morgan fingerprint density at radius 2 is 1.89 bits per heavy atom. The molecule has 0 aliphatic heterocycles. The number of rotatable bonds is 6. The van der Waals surface area contributed by atoms with Crippen LogP contribution >= 0.6 is 11.6 Å². The molecule has 0 unspecified atom stereocenters. The van der Waals surface area contributed by atoms with Gasteiger partial charge in [0.1, 0.15) is 0 Å². The second-order valence-corrected chi connectivity index (χ2v) is 4.00. The smallest absolute Gasteiger partial charge is 0.225 e. The average Bonchev–Trinajstić information content (AvgIpc) is 2.38. The maximum absolute atomic E-state index is 11.6. The van der Waals surface area contributed by atoms with E-state index in [9.17, 15) is 4.79 Å². The maximum atomic E-state index is 11.6. The molecule has 0 heterocycles. The first-order valence-corrected chi connectivity index (χ1v) is 5.86. The Hall–Kier alpha value is -1.46. The molecule has 0 spiro atoms. The van der Waals surface area contributed by atoms with E-state index >= 15 is 0 Å². The molecule has 0 atom stereocenters. The van der Waals surface area contributed by atoms with Gasteiger partial charge < -0.3 is 20.1 Å². The summed E-state index contributed by atoms with van der Waals surface area (Å²) in [7, 11) is 4.84. The molecule has 5 nitrogen and oxygen atoms in total. The number of anilines is 1. The first-order valence-electron chi connectivity index (χ1n) is 5.48. The van der Waals surface area contributed by atoms with Crippen molar-refractivity contribution in [1.29, 1.82) is 0 Å². The van der Waals surface area contributed by atoms with Crippen molar-refractivity contribution in [3.63, 3.8) is 0 Å². The second-order valence-electron chi connectivity index (χ2n) is 3.59. The highest BCUT2D eigenvalue weighted by atomic mass is 35.5. The van der Waals surface area contributed by atoms with Gasteiger partial charge in [-0.2, -0.15) is 0 Å². The van der Waals surface area contributed by atoms with Crippen molar-refractivity contribution >= 4 is 23.2 Å². The van der Waals surface area contributed by atoms with E-state index in [2.05, 4.69) is 10.6 Å². The number of hydrogen-bond donors (Lipinski definition) is 2. The summed E-state index contributed by atoms with van der Waals surface area (Å²) in [5, 5.41) is 6.03. The Kier molecular flexibility index (Phi) is 5.74. The third kappa shape index (κ3) is 3.78. The van der Waals surface area contributed by atoms with Crippen molar-refractivity contribution in [3.05, 3.63) is 17.2 Å². The molecule has 0 aliphatic carbocycles. The highest BCUT2D eigenvalue weighted by Gasteiger charge is 2.11. The van der Waals surface area contributed by atoms with Gasteiger partial charge >= 0.3 is 0 Å². The lowest BCUT2D eigenvalue weighted by Gasteiger charge is -2.12. The molecule has 1 amide bonds. The van der Waals surface area contributed by atoms with Gasteiger partial charge in [0.05, 0.1) is 24.9 Å². The van der Waals surface area contributed by atoms with Crippen LogP contribution in [0.4, 0.5) is 5.69 Å². The molecule has 6 heteroatoms. The minimum absolute atomic E-state index is 0.113. The van der Waals surface area contributed by atoms with Crippen LogP contribution in [0.2, 0.25) is 5.02 Å². The van der Waals surface area contributed by atoms with Crippen LogP contribution < -0.4 is 20.1 Å². The maximum Gasteiger partial charge on any atom is 0.225 e. The van der Waals surface area contributed by atoms with Gasteiger partial charge in [-0.3, -0.25) is 4.79 Å². The largest absolute Gasteiger partial charge is 0.493 e. The number of amides is 1. The normalized spacial score (nSPS) is 10.0. The van der Waals surface area contributed by atoms with Crippen LogP contribution in [0.5, 0.6) is 11.5 Å². The molecule has 1 aromatic rings. The van der Waals surface area contributed by atoms with E-state index in [-0.39, 0.29) is 5.91 Å². The Morgan fingerprint density at radius 1 is 1.28 bits per heavy atom. The summed E-state index contributed by atoms with van der Waals surface area (Å²) < 4.78 is 10.3. The van der Waals surface area contributed by atoms with Gasteiger partial charge in [0.15, 0.2) is 11.5 Å². The first-order chi connectivity index (χ1) is 8.62. The number of nitrogens with one attached hydrogen (secondary N) is 2. The van der Waals surface area contributed by atoms with E-state index in [0.717, 1.165) is 0 Å². The van der Waals surface area contributed by atoms with Crippen LogP contribution in [0.15, 0.2) is 12.1 Å². The molecule has 1 rings (SSSR count). The molecule has 0 bridgehead atoms. The summed E-state index contributed by atoms with van der Waals surface area (Å²) in [4.78, 5) is 11.6. The molecule has 0 aromatic heterocycles. The summed E-state index contributed by atoms with van der Waals surface area (Å²) in [5.74, 6) is 0.931. The highest BCUT2D eigenvalue weighted by molar-refractivity contribution is 6.34. The van der Waals surface area contributed by atoms with Crippen molar-refractivity contribution in [2.45, 2.75) is 6.42 Å². The molecule has 0 radical (unpaired) electrons.